The average Bonchev–Trinajstić information content (AvgIpc) is 3.06. The maximum Gasteiger partial charge on any atom is 0.240 e. The van der Waals surface area contributed by atoms with Crippen molar-refractivity contribution in [3.05, 3.63) is 0 Å². The van der Waals surface area contributed by atoms with E-state index >= 15 is 0 Å². The van der Waals surface area contributed by atoms with Gasteiger partial charge in [-0.15, -0.1) is 0 Å². The molecule has 2 rings (SSSR count). The van der Waals surface area contributed by atoms with E-state index in [4.69, 9.17) is 0 Å². The number of amides is 1. The first-order valence-electron chi connectivity index (χ1n) is 7.45. The molecule has 2 heterocycles. The smallest absolute Gasteiger partial charge is 0.240 e. The molecule has 0 saturated carbocycles. The van der Waals surface area contributed by atoms with Crippen LogP contribution in [0.15, 0.2) is 0 Å². The highest BCUT2D eigenvalue weighted by atomic mass is 16.2. The summed E-state index contributed by atoms with van der Waals surface area (Å²) in [7, 11) is 0. The topological polar surface area (TPSA) is 44.4 Å². The van der Waals surface area contributed by atoms with E-state index in [-0.39, 0.29) is 11.4 Å². The lowest BCUT2D eigenvalue weighted by Crippen LogP contribution is -2.55. The zero-order valence-corrected chi connectivity index (χ0v) is 11.8. The van der Waals surface area contributed by atoms with E-state index in [0.29, 0.717) is 6.04 Å². The second-order valence-corrected chi connectivity index (χ2v) is 5.77. The zero-order chi connectivity index (χ0) is 13.0. The molecule has 2 fully saturated rings. The molecule has 104 valence electrons. The molecule has 2 aliphatic rings. The number of carbonyl (C=O) groups excluding carboxylic acids is 1. The Hall–Kier alpha value is -0.610. The lowest BCUT2D eigenvalue weighted by Gasteiger charge is -2.29. The van der Waals surface area contributed by atoms with Crippen molar-refractivity contribution in [3.63, 3.8) is 0 Å². The average molecular weight is 253 g/mol. The van der Waals surface area contributed by atoms with E-state index in [1.807, 2.05) is 0 Å². The molecule has 4 heteroatoms. The van der Waals surface area contributed by atoms with E-state index in [9.17, 15) is 4.79 Å². The van der Waals surface area contributed by atoms with Crippen molar-refractivity contribution < 1.29 is 4.79 Å². The second-order valence-electron chi connectivity index (χ2n) is 5.77. The van der Waals surface area contributed by atoms with Crippen LogP contribution in [0.1, 0.15) is 46.0 Å². The third kappa shape index (κ3) is 2.86. The predicted molar refractivity (Wildman–Crippen MR) is 73.5 cm³/mol. The fraction of sp³-hybridized carbons (Fsp3) is 0.929. The van der Waals surface area contributed by atoms with Gasteiger partial charge >= 0.3 is 0 Å². The Kier molecular flexibility index (Phi) is 4.62. The highest BCUT2D eigenvalue weighted by Crippen LogP contribution is 2.23. The van der Waals surface area contributed by atoms with Gasteiger partial charge in [0.15, 0.2) is 0 Å². The summed E-state index contributed by atoms with van der Waals surface area (Å²) >= 11 is 0. The number of carbonyl (C=O) groups is 1. The lowest BCUT2D eigenvalue weighted by molar-refractivity contribution is -0.127. The number of hydrogen-bond acceptors (Lipinski definition) is 3. The van der Waals surface area contributed by atoms with Crippen molar-refractivity contribution in [1.29, 1.82) is 0 Å². The predicted octanol–water partition coefficient (Wildman–Crippen LogP) is 1.12. The van der Waals surface area contributed by atoms with Crippen LogP contribution in [0.3, 0.4) is 0 Å². The van der Waals surface area contributed by atoms with Crippen LogP contribution in [-0.2, 0) is 4.79 Å². The van der Waals surface area contributed by atoms with Crippen molar-refractivity contribution in [2.75, 3.05) is 26.2 Å². The van der Waals surface area contributed by atoms with Crippen molar-refractivity contribution in [2.24, 2.45) is 0 Å². The minimum atomic E-state index is -0.287. The Balaban J connectivity index is 1.80. The molecule has 0 bridgehead atoms. The lowest BCUT2D eigenvalue weighted by atomic mass is 9.93. The summed E-state index contributed by atoms with van der Waals surface area (Å²) in [4.78, 5) is 14.8. The Morgan fingerprint density at radius 2 is 2.11 bits per heavy atom. The molecule has 18 heavy (non-hydrogen) atoms. The fourth-order valence-electron chi connectivity index (χ4n) is 3.18. The van der Waals surface area contributed by atoms with Crippen molar-refractivity contribution in [1.82, 2.24) is 15.5 Å². The van der Waals surface area contributed by atoms with Gasteiger partial charge in [0.25, 0.3) is 0 Å². The van der Waals surface area contributed by atoms with Crippen LogP contribution in [0.25, 0.3) is 0 Å². The number of hydrogen-bond donors (Lipinski definition) is 2. The number of rotatable bonds is 5. The molecule has 0 aromatic carbocycles. The quantitative estimate of drug-likeness (QED) is 0.772. The molecule has 0 aromatic rings. The number of nitrogens with one attached hydrogen (secondary N) is 2. The molecule has 2 saturated heterocycles. The Labute approximate surface area is 110 Å². The summed E-state index contributed by atoms with van der Waals surface area (Å²) in [5.74, 6) is 0.202. The van der Waals surface area contributed by atoms with Gasteiger partial charge in [-0.2, -0.15) is 0 Å². The molecule has 2 aliphatic heterocycles. The van der Waals surface area contributed by atoms with Crippen LogP contribution in [-0.4, -0.2) is 48.6 Å². The normalized spacial score (nSPS) is 30.6. The van der Waals surface area contributed by atoms with Gasteiger partial charge in [0, 0.05) is 12.6 Å². The fourth-order valence-corrected chi connectivity index (χ4v) is 3.18. The van der Waals surface area contributed by atoms with Crippen LogP contribution in [0.5, 0.6) is 0 Å². The van der Waals surface area contributed by atoms with Gasteiger partial charge in [0.2, 0.25) is 5.91 Å². The standard InChI is InChI=1S/C14H27N3O/c1-3-14(7-6-8-16-14)13(18)15-11-12(2)17-9-4-5-10-17/h12,16H,3-11H2,1-2H3,(H,15,18). The SMILES string of the molecule is CCC1(C(=O)NCC(C)N2CCCC2)CCCN1. The third-order valence-corrected chi connectivity index (χ3v) is 4.60. The third-order valence-electron chi connectivity index (χ3n) is 4.60. The summed E-state index contributed by atoms with van der Waals surface area (Å²) in [5.41, 5.74) is -0.287. The first-order chi connectivity index (χ1) is 8.68. The zero-order valence-electron chi connectivity index (χ0n) is 11.8. The summed E-state index contributed by atoms with van der Waals surface area (Å²) < 4.78 is 0. The molecule has 0 spiro atoms. The largest absolute Gasteiger partial charge is 0.353 e. The van der Waals surface area contributed by atoms with Gasteiger partial charge in [-0.25, -0.2) is 0 Å². The maximum absolute atomic E-state index is 12.3. The molecular weight excluding hydrogens is 226 g/mol. The Bertz CT molecular complexity index is 281. The van der Waals surface area contributed by atoms with Crippen molar-refractivity contribution in [3.8, 4) is 0 Å². The van der Waals surface area contributed by atoms with Crippen LogP contribution in [0.4, 0.5) is 0 Å². The molecule has 2 atom stereocenters. The van der Waals surface area contributed by atoms with Gasteiger partial charge < -0.3 is 10.6 Å². The molecule has 4 nitrogen and oxygen atoms in total. The molecule has 2 N–H and O–H groups in total. The minimum Gasteiger partial charge on any atom is -0.353 e. The number of nitrogens with zero attached hydrogens (tertiary/aromatic N) is 1. The van der Waals surface area contributed by atoms with Gasteiger partial charge in [-0.05, 0) is 58.7 Å². The molecule has 2 unspecified atom stereocenters. The van der Waals surface area contributed by atoms with Gasteiger partial charge in [0.05, 0.1) is 5.54 Å². The molecular formula is C14H27N3O. The van der Waals surface area contributed by atoms with Crippen LogP contribution in [0, 0.1) is 0 Å². The van der Waals surface area contributed by atoms with Crippen LogP contribution in [0.2, 0.25) is 0 Å². The summed E-state index contributed by atoms with van der Waals surface area (Å²) in [6, 6.07) is 0.465. The second kappa shape index (κ2) is 6.02. The van der Waals surface area contributed by atoms with E-state index in [0.717, 1.165) is 32.4 Å². The molecule has 0 radical (unpaired) electrons. The highest BCUT2D eigenvalue weighted by Gasteiger charge is 2.39. The minimum absolute atomic E-state index is 0.202. The summed E-state index contributed by atoms with van der Waals surface area (Å²) in [6.45, 7) is 8.45. The maximum atomic E-state index is 12.3. The van der Waals surface area contributed by atoms with Gasteiger partial charge in [-0.1, -0.05) is 6.92 Å². The summed E-state index contributed by atoms with van der Waals surface area (Å²) in [5, 5.41) is 6.54. The monoisotopic (exact) mass is 253 g/mol. The Morgan fingerprint density at radius 3 is 2.67 bits per heavy atom. The first-order valence-corrected chi connectivity index (χ1v) is 7.45. The first kappa shape index (κ1) is 13.8. The van der Waals surface area contributed by atoms with E-state index < -0.39 is 0 Å². The highest BCUT2D eigenvalue weighted by molar-refractivity contribution is 5.86. The molecule has 0 aliphatic carbocycles. The molecule has 1 amide bonds. The molecule has 0 aromatic heterocycles. The van der Waals surface area contributed by atoms with Crippen LogP contribution < -0.4 is 10.6 Å². The van der Waals surface area contributed by atoms with Crippen molar-refractivity contribution in [2.45, 2.75) is 57.5 Å². The van der Waals surface area contributed by atoms with E-state index in [1.54, 1.807) is 0 Å². The van der Waals surface area contributed by atoms with Gasteiger partial charge in [-0.3, -0.25) is 9.69 Å². The summed E-state index contributed by atoms with van der Waals surface area (Å²) in [6.07, 6.45) is 5.59. The van der Waals surface area contributed by atoms with Crippen molar-refractivity contribution >= 4 is 5.91 Å². The van der Waals surface area contributed by atoms with E-state index in [1.165, 1.54) is 25.9 Å². The number of likely N-dealkylation sites (tertiary alicyclic amines) is 1. The van der Waals surface area contributed by atoms with Gasteiger partial charge in [0.1, 0.15) is 0 Å². The Morgan fingerprint density at radius 1 is 1.39 bits per heavy atom. The van der Waals surface area contributed by atoms with E-state index in [2.05, 4.69) is 29.4 Å². The van der Waals surface area contributed by atoms with Crippen LogP contribution >= 0.6 is 0 Å².